The van der Waals surface area contributed by atoms with Crippen molar-refractivity contribution in [3.63, 3.8) is 0 Å². The molecule has 0 spiro atoms. The van der Waals surface area contributed by atoms with Crippen LogP contribution in [0.4, 0.5) is 5.69 Å². The van der Waals surface area contributed by atoms with Crippen LogP contribution in [0.1, 0.15) is 35.9 Å². The Bertz CT molecular complexity index is 528. The van der Waals surface area contributed by atoms with E-state index in [9.17, 15) is 4.79 Å². The third kappa shape index (κ3) is 2.73. The summed E-state index contributed by atoms with van der Waals surface area (Å²) in [6.07, 6.45) is 1.80. The van der Waals surface area contributed by atoms with E-state index in [1.165, 1.54) is 0 Å². The monoisotopic (exact) mass is 263 g/mol. The van der Waals surface area contributed by atoms with Crippen LogP contribution in [0.25, 0.3) is 0 Å². The number of carbonyl (C=O) groups excluding carboxylic acids is 1. The average Bonchev–Trinajstić information content (AvgIpc) is 2.94. The van der Waals surface area contributed by atoms with Crippen molar-refractivity contribution in [1.29, 1.82) is 0 Å². The zero-order valence-electron chi connectivity index (χ0n) is 10.5. The van der Waals surface area contributed by atoms with E-state index in [0.29, 0.717) is 17.9 Å². The van der Waals surface area contributed by atoms with Gasteiger partial charge in [0.1, 0.15) is 5.69 Å². The Kier molecular flexibility index (Phi) is 3.72. The van der Waals surface area contributed by atoms with Crippen molar-refractivity contribution in [2.24, 2.45) is 0 Å². The van der Waals surface area contributed by atoms with Crippen molar-refractivity contribution in [3.8, 4) is 0 Å². The molecular weight excluding hydrogens is 246 g/mol. The van der Waals surface area contributed by atoms with Gasteiger partial charge in [-0.15, -0.1) is 0 Å². The molecule has 96 valence electrons. The first kappa shape index (κ1) is 12.7. The molecule has 5 heteroatoms. The molecule has 0 radical (unpaired) electrons. The van der Waals surface area contributed by atoms with Crippen molar-refractivity contribution in [2.45, 2.75) is 26.4 Å². The van der Waals surface area contributed by atoms with E-state index in [2.05, 4.69) is 5.32 Å². The van der Waals surface area contributed by atoms with Gasteiger partial charge < -0.3 is 15.6 Å². The van der Waals surface area contributed by atoms with Gasteiger partial charge in [-0.1, -0.05) is 0 Å². The number of amides is 1. The van der Waals surface area contributed by atoms with Crippen LogP contribution in [0.15, 0.2) is 29.1 Å². The Balaban J connectivity index is 2.09. The molecule has 0 aliphatic rings. The summed E-state index contributed by atoms with van der Waals surface area (Å²) in [6, 6.07) is 3.92. The molecule has 0 aromatic carbocycles. The van der Waals surface area contributed by atoms with Crippen molar-refractivity contribution < 1.29 is 4.79 Å². The second kappa shape index (κ2) is 5.27. The highest BCUT2D eigenvalue weighted by Gasteiger charge is 2.14. The normalized spacial score (nSPS) is 10.8. The Hall–Kier alpha value is -1.75. The predicted molar refractivity (Wildman–Crippen MR) is 74.7 cm³/mol. The lowest BCUT2D eigenvalue weighted by Crippen LogP contribution is -2.25. The van der Waals surface area contributed by atoms with Gasteiger partial charge in [0.2, 0.25) is 0 Å². The lowest BCUT2D eigenvalue weighted by molar-refractivity contribution is 0.0940. The van der Waals surface area contributed by atoms with Gasteiger partial charge in [0, 0.05) is 18.8 Å². The molecule has 0 saturated carbocycles. The highest BCUT2D eigenvalue weighted by atomic mass is 32.1. The number of hydrogen-bond donors (Lipinski definition) is 2. The van der Waals surface area contributed by atoms with Crippen LogP contribution >= 0.6 is 11.3 Å². The number of nitrogens with zero attached hydrogens (tertiary/aromatic N) is 1. The molecular formula is C13H17N3OS. The summed E-state index contributed by atoms with van der Waals surface area (Å²) >= 11 is 1.62. The zero-order valence-corrected chi connectivity index (χ0v) is 11.3. The van der Waals surface area contributed by atoms with Crippen LogP contribution in [0.2, 0.25) is 0 Å². The minimum absolute atomic E-state index is 0.0911. The van der Waals surface area contributed by atoms with Crippen molar-refractivity contribution >= 4 is 22.9 Å². The van der Waals surface area contributed by atoms with Gasteiger partial charge in [0.25, 0.3) is 5.91 Å². The topological polar surface area (TPSA) is 60.0 Å². The number of rotatable bonds is 4. The Morgan fingerprint density at radius 3 is 2.94 bits per heavy atom. The average molecular weight is 263 g/mol. The Morgan fingerprint density at radius 2 is 2.33 bits per heavy atom. The maximum absolute atomic E-state index is 12.1. The van der Waals surface area contributed by atoms with E-state index < -0.39 is 0 Å². The minimum atomic E-state index is -0.0911. The third-order valence-electron chi connectivity index (χ3n) is 2.69. The number of carbonyl (C=O) groups is 1. The third-order valence-corrected chi connectivity index (χ3v) is 3.42. The molecule has 0 unspecified atom stereocenters. The quantitative estimate of drug-likeness (QED) is 0.891. The number of aromatic nitrogens is 1. The van der Waals surface area contributed by atoms with Crippen LogP contribution in [0, 0.1) is 0 Å². The van der Waals surface area contributed by atoms with Gasteiger partial charge in [0.15, 0.2) is 0 Å². The minimum Gasteiger partial charge on any atom is -0.397 e. The van der Waals surface area contributed by atoms with Gasteiger partial charge in [-0.3, -0.25) is 4.79 Å². The maximum Gasteiger partial charge on any atom is 0.268 e. The summed E-state index contributed by atoms with van der Waals surface area (Å²) in [5, 5.41) is 6.92. The number of nitrogens with one attached hydrogen (secondary N) is 1. The summed E-state index contributed by atoms with van der Waals surface area (Å²) in [6.45, 7) is 4.59. The van der Waals surface area contributed by atoms with Crippen LogP contribution in [0.5, 0.6) is 0 Å². The summed E-state index contributed by atoms with van der Waals surface area (Å²) in [4.78, 5) is 12.1. The van der Waals surface area contributed by atoms with Crippen molar-refractivity contribution in [3.05, 3.63) is 40.3 Å². The van der Waals surface area contributed by atoms with Crippen LogP contribution in [-0.2, 0) is 6.54 Å². The molecule has 2 aromatic heterocycles. The molecule has 2 rings (SSSR count). The standard InChI is InChI=1S/C13H17N3OS/c1-9(2)16-7-11(14)5-12(16)13(17)15-6-10-3-4-18-8-10/h3-5,7-9H,6,14H2,1-2H3,(H,15,17). The van der Waals surface area contributed by atoms with Crippen molar-refractivity contribution in [1.82, 2.24) is 9.88 Å². The zero-order chi connectivity index (χ0) is 13.1. The fraction of sp³-hybridized carbons (Fsp3) is 0.308. The van der Waals surface area contributed by atoms with Gasteiger partial charge in [-0.25, -0.2) is 0 Å². The second-order valence-corrected chi connectivity index (χ2v) is 5.25. The summed E-state index contributed by atoms with van der Waals surface area (Å²) in [7, 11) is 0. The maximum atomic E-state index is 12.1. The van der Waals surface area contributed by atoms with Crippen LogP contribution in [-0.4, -0.2) is 10.5 Å². The SMILES string of the molecule is CC(C)n1cc(N)cc1C(=O)NCc1ccsc1. The van der Waals surface area contributed by atoms with E-state index in [-0.39, 0.29) is 11.9 Å². The molecule has 1 amide bonds. The highest BCUT2D eigenvalue weighted by molar-refractivity contribution is 7.07. The molecule has 0 aliphatic heterocycles. The molecule has 4 nitrogen and oxygen atoms in total. The molecule has 0 atom stereocenters. The first-order chi connectivity index (χ1) is 8.58. The Labute approximate surface area is 110 Å². The van der Waals surface area contributed by atoms with Gasteiger partial charge in [-0.05, 0) is 42.3 Å². The Morgan fingerprint density at radius 1 is 1.56 bits per heavy atom. The smallest absolute Gasteiger partial charge is 0.268 e. The van der Waals surface area contributed by atoms with E-state index in [1.54, 1.807) is 23.6 Å². The molecule has 3 N–H and O–H groups in total. The van der Waals surface area contributed by atoms with Crippen LogP contribution < -0.4 is 11.1 Å². The lowest BCUT2D eigenvalue weighted by atomic mass is 10.3. The molecule has 18 heavy (non-hydrogen) atoms. The predicted octanol–water partition coefficient (Wildman–Crippen LogP) is 2.64. The number of thiophene rings is 1. The summed E-state index contributed by atoms with van der Waals surface area (Å²) in [5.74, 6) is -0.0911. The first-order valence-corrected chi connectivity index (χ1v) is 6.79. The first-order valence-electron chi connectivity index (χ1n) is 5.84. The fourth-order valence-corrected chi connectivity index (χ4v) is 2.44. The molecule has 0 bridgehead atoms. The van der Waals surface area contributed by atoms with Crippen molar-refractivity contribution in [2.75, 3.05) is 5.73 Å². The number of hydrogen-bond acceptors (Lipinski definition) is 3. The van der Waals surface area contributed by atoms with Crippen LogP contribution in [0.3, 0.4) is 0 Å². The lowest BCUT2D eigenvalue weighted by Gasteiger charge is -2.12. The summed E-state index contributed by atoms with van der Waals surface area (Å²) in [5.41, 5.74) is 8.09. The second-order valence-electron chi connectivity index (χ2n) is 4.47. The van der Waals surface area contributed by atoms with E-state index in [4.69, 9.17) is 5.73 Å². The van der Waals surface area contributed by atoms with E-state index in [1.807, 2.05) is 35.2 Å². The molecule has 0 saturated heterocycles. The summed E-state index contributed by atoms with van der Waals surface area (Å²) < 4.78 is 1.89. The molecule has 2 aromatic rings. The van der Waals surface area contributed by atoms with E-state index in [0.717, 1.165) is 5.56 Å². The van der Waals surface area contributed by atoms with Gasteiger partial charge >= 0.3 is 0 Å². The molecule has 0 aliphatic carbocycles. The van der Waals surface area contributed by atoms with E-state index >= 15 is 0 Å². The molecule has 0 fully saturated rings. The van der Waals surface area contributed by atoms with Gasteiger partial charge in [0.05, 0.1) is 5.69 Å². The highest BCUT2D eigenvalue weighted by Crippen LogP contribution is 2.16. The van der Waals surface area contributed by atoms with Gasteiger partial charge in [-0.2, -0.15) is 11.3 Å². The molecule has 2 heterocycles. The number of nitrogens with two attached hydrogens (primary N) is 1. The number of nitrogen functional groups attached to an aromatic ring is 1. The largest absolute Gasteiger partial charge is 0.397 e. The number of anilines is 1. The fourth-order valence-electron chi connectivity index (χ4n) is 1.78.